The van der Waals surface area contributed by atoms with Crippen LogP contribution < -0.4 is 0 Å². The van der Waals surface area contributed by atoms with Gasteiger partial charge in [0.05, 0.1) is 0 Å². The second-order valence-electron chi connectivity index (χ2n) is 8.79. The first-order valence-corrected chi connectivity index (χ1v) is 17.0. The lowest BCUT2D eigenvalue weighted by Crippen LogP contribution is -1.95. The van der Waals surface area contributed by atoms with Crippen molar-refractivity contribution >= 4 is 63.3 Å². The number of hydrogen-bond acceptors (Lipinski definition) is 6. The van der Waals surface area contributed by atoms with Gasteiger partial charge in [-0.05, 0) is 96.6 Å². The van der Waals surface area contributed by atoms with Crippen molar-refractivity contribution in [1.82, 2.24) is 0 Å². The number of carbonyl (C=O) groups is 1. The van der Waals surface area contributed by atoms with Gasteiger partial charge in [-0.15, -0.1) is 57.5 Å². The Labute approximate surface area is 240 Å². The molecule has 188 valence electrons. The van der Waals surface area contributed by atoms with Crippen LogP contribution in [0.15, 0.2) is 82.6 Å². The highest BCUT2D eigenvalue weighted by molar-refractivity contribution is 7.98. The summed E-state index contributed by atoms with van der Waals surface area (Å²) in [7, 11) is 0. The Morgan fingerprint density at radius 2 is 1.19 bits per heavy atom. The third-order valence-corrected chi connectivity index (χ3v) is 11.6. The zero-order valence-electron chi connectivity index (χ0n) is 21.3. The van der Waals surface area contributed by atoms with E-state index in [2.05, 4.69) is 92.2 Å². The monoisotopic (exact) mass is 576 g/mol. The van der Waals surface area contributed by atoms with Crippen molar-refractivity contribution in [2.24, 2.45) is 0 Å². The molecule has 0 fully saturated rings. The first-order chi connectivity index (χ1) is 18.0. The van der Waals surface area contributed by atoms with Gasteiger partial charge in [0.2, 0.25) is 0 Å². The van der Waals surface area contributed by atoms with Crippen molar-refractivity contribution in [3.8, 4) is 40.4 Å². The first-order valence-electron chi connectivity index (χ1n) is 12.1. The van der Waals surface area contributed by atoms with E-state index in [1.165, 1.54) is 55.7 Å². The predicted molar refractivity (Wildman–Crippen MR) is 169 cm³/mol. The van der Waals surface area contributed by atoms with E-state index >= 15 is 0 Å². The van der Waals surface area contributed by atoms with Crippen LogP contribution in [0.25, 0.3) is 40.4 Å². The average molecular weight is 577 g/mol. The molecule has 5 aromatic rings. The molecule has 0 atom stereocenters. The molecule has 1 nitrogen and oxygen atoms in total. The highest BCUT2D eigenvalue weighted by atomic mass is 32.2. The van der Waals surface area contributed by atoms with Crippen LogP contribution in [0.5, 0.6) is 0 Å². The molecule has 0 spiro atoms. The summed E-state index contributed by atoms with van der Waals surface area (Å²) >= 11 is 9.07. The third kappa shape index (κ3) is 5.84. The number of hydrogen-bond donors (Lipinski definition) is 0. The molecule has 0 saturated heterocycles. The second kappa shape index (κ2) is 11.7. The molecule has 0 aliphatic rings. The van der Waals surface area contributed by atoms with Gasteiger partial charge in [-0.1, -0.05) is 31.2 Å². The summed E-state index contributed by atoms with van der Waals surface area (Å²) in [5.41, 5.74) is 5.03. The van der Waals surface area contributed by atoms with Crippen LogP contribution in [0.3, 0.4) is 0 Å². The smallest absolute Gasteiger partial charge is 0.134 e. The summed E-state index contributed by atoms with van der Waals surface area (Å²) in [5, 5.41) is 0. The Morgan fingerprint density at radius 1 is 0.676 bits per heavy atom. The van der Waals surface area contributed by atoms with Gasteiger partial charge >= 0.3 is 0 Å². The molecule has 0 amide bonds. The van der Waals surface area contributed by atoms with Crippen molar-refractivity contribution in [2.75, 3.05) is 12.5 Å². The van der Waals surface area contributed by atoms with E-state index in [4.69, 9.17) is 0 Å². The first kappa shape index (κ1) is 26.5. The molecule has 5 rings (SSSR count). The number of carbonyl (C=O) groups excluding carboxylic acids is 1. The maximum absolute atomic E-state index is 12.1. The van der Waals surface area contributed by atoms with Gasteiger partial charge in [0.15, 0.2) is 0 Å². The molecule has 0 aliphatic carbocycles. The highest BCUT2D eigenvalue weighted by Gasteiger charge is 2.18. The average Bonchev–Trinajstić information content (AvgIpc) is 3.66. The Hall–Kier alpha value is -2.09. The molecule has 3 aromatic heterocycles. The molecule has 3 heterocycles. The van der Waals surface area contributed by atoms with Gasteiger partial charge in [0, 0.05) is 45.5 Å². The third-order valence-electron chi connectivity index (χ3n) is 6.19. The van der Waals surface area contributed by atoms with Crippen LogP contribution >= 0.6 is 57.5 Å². The summed E-state index contributed by atoms with van der Waals surface area (Å²) in [6.45, 7) is 3.92. The fraction of sp³-hybridized carbons (Fsp3) is 0.194. The molecule has 0 saturated carbocycles. The minimum Gasteiger partial charge on any atom is -0.300 e. The minimum absolute atomic E-state index is 0.197. The van der Waals surface area contributed by atoms with E-state index in [1.807, 2.05) is 22.7 Å². The van der Waals surface area contributed by atoms with E-state index < -0.39 is 0 Å². The molecule has 0 N–H and O–H groups in total. The lowest BCUT2D eigenvalue weighted by molar-refractivity contribution is -0.116. The maximum atomic E-state index is 12.1. The Kier molecular flexibility index (Phi) is 8.42. The largest absolute Gasteiger partial charge is 0.300 e. The molecule has 0 bridgehead atoms. The minimum atomic E-state index is 0.197. The number of benzene rings is 2. The van der Waals surface area contributed by atoms with Crippen LogP contribution in [-0.2, 0) is 17.6 Å². The quantitative estimate of drug-likeness (QED) is 0.162. The number of ketones is 1. The summed E-state index contributed by atoms with van der Waals surface area (Å²) in [4.78, 5) is 22.3. The predicted octanol–water partition coefficient (Wildman–Crippen LogP) is 10.7. The summed E-state index contributed by atoms with van der Waals surface area (Å²) in [6, 6.07) is 26.6. The van der Waals surface area contributed by atoms with Gasteiger partial charge in [0.25, 0.3) is 0 Å². The van der Waals surface area contributed by atoms with Crippen molar-refractivity contribution in [2.45, 2.75) is 36.5 Å². The van der Waals surface area contributed by atoms with E-state index in [0.717, 1.165) is 12.0 Å². The van der Waals surface area contributed by atoms with Crippen LogP contribution in [0, 0.1) is 0 Å². The standard InChI is InChI=1S/C31H28OS5/c1-5-20-17-28(36-30(20)21-8-6-10-24(15-21)33-3)26-12-13-27(35-26)29-18-23(14-19(2)32)31(37-29)22-9-7-11-25(16-22)34-4/h6-13,15-18H,5,14H2,1-4H3. The van der Waals surface area contributed by atoms with Gasteiger partial charge in [-0.25, -0.2) is 0 Å². The summed E-state index contributed by atoms with van der Waals surface area (Å²) in [5.74, 6) is 0.197. The van der Waals surface area contributed by atoms with E-state index in [0.29, 0.717) is 6.42 Å². The van der Waals surface area contributed by atoms with E-state index in [9.17, 15) is 4.79 Å². The van der Waals surface area contributed by atoms with Gasteiger partial charge in [-0.3, -0.25) is 4.79 Å². The Morgan fingerprint density at radius 3 is 1.68 bits per heavy atom. The number of thioether (sulfide) groups is 2. The molecule has 0 unspecified atom stereocenters. The zero-order chi connectivity index (χ0) is 25.9. The number of thiophene rings is 3. The van der Waals surface area contributed by atoms with Gasteiger partial charge in [-0.2, -0.15) is 0 Å². The van der Waals surface area contributed by atoms with Crippen LogP contribution in [0.2, 0.25) is 0 Å². The molecule has 37 heavy (non-hydrogen) atoms. The fourth-order valence-corrected chi connectivity index (χ4v) is 8.90. The van der Waals surface area contributed by atoms with E-state index in [-0.39, 0.29) is 5.78 Å². The normalized spacial score (nSPS) is 11.2. The van der Waals surface area contributed by atoms with Gasteiger partial charge < -0.3 is 0 Å². The Balaban J connectivity index is 1.51. The summed E-state index contributed by atoms with van der Waals surface area (Å²) < 4.78 is 0. The zero-order valence-corrected chi connectivity index (χ0v) is 25.4. The topological polar surface area (TPSA) is 17.1 Å². The van der Waals surface area contributed by atoms with Crippen LogP contribution in [-0.4, -0.2) is 18.3 Å². The molecule has 6 heteroatoms. The molecular weight excluding hydrogens is 549 g/mol. The van der Waals surface area contributed by atoms with Crippen LogP contribution in [0.4, 0.5) is 0 Å². The van der Waals surface area contributed by atoms with Crippen molar-refractivity contribution < 1.29 is 4.79 Å². The molecular formula is C31H28OS5. The number of Topliss-reactive ketones (excluding diaryl/α,β-unsaturated/α-hetero) is 1. The highest BCUT2D eigenvalue weighted by Crippen LogP contribution is 2.46. The van der Waals surface area contributed by atoms with Crippen molar-refractivity contribution in [1.29, 1.82) is 0 Å². The molecule has 0 aliphatic heterocycles. The number of aryl methyl sites for hydroxylation is 1. The number of rotatable bonds is 9. The second-order valence-corrected chi connectivity index (χ2v) is 13.7. The van der Waals surface area contributed by atoms with Crippen molar-refractivity contribution in [3.05, 3.63) is 83.9 Å². The lowest BCUT2D eigenvalue weighted by Gasteiger charge is -2.04. The van der Waals surface area contributed by atoms with E-state index in [1.54, 1.807) is 41.8 Å². The van der Waals surface area contributed by atoms with Crippen LogP contribution in [0.1, 0.15) is 25.0 Å². The fourth-order valence-electron chi connectivity index (χ4n) is 4.38. The van der Waals surface area contributed by atoms with Crippen molar-refractivity contribution in [3.63, 3.8) is 0 Å². The lowest BCUT2D eigenvalue weighted by atomic mass is 10.1. The Bertz CT molecular complexity index is 1550. The SMILES string of the molecule is CCc1cc(-c2ccc(-c3cc(CC(C)=O)c(-c4cccc(SC)c4)s3)s2)sc1-c1cccc(SC)c1. The molecule has 2 aromatic carbocycles. The summed E-state index contributed by atoms with van der Waals surface area (Å²) in [6.07, 6.45) is 5.72. The van der Waals surface area contributed by atoms with Gasteiger partial charge in [0.1, 0.15) is 5.78 Å². The molecule has 0 radical (unpaired) electrons. The maximum Gasteiger partial charge on any atom is 0.134 e.